The molecular weight excluding hydrogens is 415 g/mol. The maximum absolute atomic E-state index is 11.4. The van der Waals surface area contributed by atoms with Gasteiger partial charge >= 0.3 is 0 Å². The molecule has 22 heavy (non-hydrogen) atoms. The van der Waals surface area contributed by atoms with E-state index in [9.17, 15) is 8.42 Å². The van der Waals surface area contributed by atoms with Gasteiger partial charge in [-0.15, -0.1) is 24.0 Å². The highest BCUT2D eigenvalue weighted by Gasteiger charge is 2.22. The third-order valence-corrected chi connectivity index (χ3v) is 5.93. The quantitative estimate of drug-likeness (QED) is 0.393. The fourth-order valence-electron chi connectivity index (χ4n) is 3.01. The third-order valence-electron chi connectivity index (χ3n) is 4.32. The fraction of sp³-hybridized carbons (Fsp3) is 0.929. The Bertz CT molecular complexity index is 455. The minimum absolute atomic E-state index is 0. The highest BCUT2D eigenvalue weighted by Crippen LogP contribution is 2.15. The molecule has 2 rings (SSSR count). The van der Waals surface area contributed by atoms with Crippen molar-refractivity contribution in [2.75, 3.05) is 57.8 Å². The predicted molar refractivity (Wildman–Crippen MR) is 102 cm³/mol. The van der Waals surface area contributed by atoms with Crippen molar-refractivity contribution in [3.63, 3.8) is 0 Å². The van der Waals surface area contributed by atoms with Crippen molar-refractivity contribution in [3.05, 3.63) is 0 Å². The molecule has 0 aromatic rings. The molecule has 8 heteroatoms. The Labute approximate surface area is 151 Å². The van der Waals surface area contributed by atoms with E-state index in [0.717, 1.165) is 38.1 Å². The zero-order valence-corrected chi connectivity index (χ0v) is 16.8. The van der Waals surface area contributed by atoms with Crippen molar-refractivity contribution < 1.29 is 8.42 Å². The predicted octanol–water partition coefficient (Wildman–Crippen LogP) is 0.642. The number of guanidine groups is 1. The van der Waals surface area contributed by atoms with Crippen LogP contribution in [0.2, 0.25) is 0 Å². The summed E-state index contributed by atoms with van der Waals surface area (Å²) in [5.74, 6) is 2.30. The first-order chi connectivity index (χ1) is 10.00. The van der Waals surface area contributed by atoms with Crippen LogP contribution >= 0.6 is 24.0 Å². The molecular formula is C14H29IN4O2S. The molecule has 0 aromatic carbocycles. The maximum atomic E-state index is 11.4. The van der Waals surface area contributed by atoms with Crippen LogP contribution in [-0.2, 0) is 9.84 Å². The Morgan fingerprint density at radius 1 is 1.27 bits per heavy atom. The molecule has 1 N–H and O–H groups in total. The minimum Gasteiger partial charge on any atom is -0.355 e. The van der Waals surface area contributed by atoms with Gasteiger partial charge in [-0.05, 0) is 18.8 Å². The van der Waals surface area contributed by atoms with Gasteiger partial charge in [0.05, 0.1) is 11.5 Å². The standard InChI is InChI=1S/C14H28N4O2S.HI/c1-13-4-3-6-18(12-13)14(15-2)16-5-7-17-8-10-21(19,20)11-9-17;/h13H,3-12H2,1-2H3,(H,15,16);1H. The summed E-state index contributed by atoms with van der Waals surface area (Å²) in [4.78, 5) is 8.91. The number of sulfone groups is 1. The van der Waals surface area contributed by atoms with Crippen LogP contribution in [0.4, 0.5) is 0 Å². The van der Waals surface area contributed by atoms with Crippen LogP contribution in [0, 0.1) is 5.92 Å². The molecule has 2 heterocycles. The normalized spacial score (nSPS) is 26.4. The van der Waals surface area contributed by atoms with Gasteiger partial charge in [-0.1, -0.05) is 6.92 Å². The number of nitrogens with one attached hydrogen (secondary N) is 1. The summed E-state index contributed by atoms with van der Waals surface area (Å²) in [6.07, 6.45) is 2.53. The summed E-state index contributed by atoms with van der Waals surface area (Å²) in [6.45, 7) is 7.43. The Morgan fingerprint density at radius 3 is 2.55 bits per heavy atom. The van der Waals surface area contributed by atoms with Crippen LogP contribution in [0.1, 0.15) is 19.8 Å². The topological polar surface area (TPSA) is 65.0 Å². The number of hydrogen-bond acceptors (Lipinski definition) is 4. The average molecular weight is 444 g/mol. The van der Waals surface area contributed by atoms with Crippen molar-refractivity contribution in [2.24, 2.45) is 10.9 Å². The van der Waals surface area contributed by atoms with Crippen LogP contribution in [0.25, 0.3) is 0 Å². The monoisotopic (exact) mass is 444 g/mol. The number of aliphatic imine (C=N–C) groups is 1. The van der Waals surface area contributed by atoms with Gasteiger partial charge in [0.1, 0.15) is 0 Å². The summed E-state index contributed by atoms with van der Waals surface area (Å²) in [6, 6.07) is 0. The molecule has 0 aromatic heterocycles. The van der Waals surface area contributed by atoms with E-state index in [0.29, 0.717) is 24.6 Å². The Balaban J connectivity index is 0.00000242. The van der Waals surface area contributed by atoms with Gasteiger partial charge in [0.15, 0.2) is 15.8 Å². The number of likely N-dealkylation sites (tertiary alicyclic amines) is 1. The van der Waals surface area contributed by atoms with E-state index in [1.807, 2.05) is 7.05 Å². The van der Waals surface area contributed by atoms with Crippen LogP contribution in [0.3, 0.4) is 0 Å². The highest BCUT2D eigenvalue weighted by atomic mass is 127. The number of hydrogen-bond donors (Lipinski definition) is 1. The summed E-state index contributed by atoms with van der Waals surface area (Å²) in [7, 11) is -0.951. The maximum Gasteiger partial charge on any atom is 0.193 e. The van der Waals surface area contributed by atoms with Gasteiger partial charge < -0.3 is 10.2 Å². The first-order valence-electron chi connectivity index (χ1n) is 7.88. The second-order valence-electron chi connectivity index (χ2n) is 6.16. The van der Waals surface area contributed by atoms with E-state index < -0.39 is 9.84 Å². The van der Waals surface area contributed by atoms with Crippen molar-refractivity contribution >= 4 is 39.8 Å². The number of nitrogens with zero attached hydrogens (tertiary/aromatic N) is 3. The van der Waals surface area contributed by atoms with Crippen LogP contribution < -0.4 is 5.32 Å². The second-order valence-corrected chi connectivity index (χ2v) is 8.46. The lowest BCUT2D eigenvalue weighted by atomic mass is 10.0. The van der Waals surface area contributed by atoms with E-state index >= 15 is 0 Å². The first kappa shape index (κ1) is 20.0. The molecule has 1 atom stereocenters. The lowest BCUT2D eigenvalue weighted by molar-refractivity contribution is 0.261. The van der Waals surface area contributed by atoms with Crippen molar-refractivity contribution in [1.82, 2.24) is 15.1 Å². The van der Waals surface area contributed by atoms with Gasteiger partial charge in [-0.3, -0.25) is 9.89 Å². The van der Waals surface area contributed by atoms with Gasteiger partial charge in [0, 0.05) is 46.3 Å². The molecule has 130 valence electrons. The summed E-state index contributed by atoms with van der Waals surface area (Å²) < 4.78 is 22.8. The number of piperidine rings is 1. The molecule has 0 aliphatic carbocycles. The Hall–Kier alpha value is -0.0900. The van der Waals surface area contributed by atoms with Crippen molar-refractivity contribution in [1.29, 1.82) is 0 Å². The third kappa shape index (κ3) is 6.19. The summed E-state index contributed by atoms with van der Waals surface area (Å²) >= 11 is 0. The zero-order chi connectivity index (χ0) is 15.3. The van der Waals surface area contributed by atoms with Gasteiger partial charge in [0.25, 0.3) is 0 Å². The molecule has 1 unspecified atom stereocenters. The lowest BCUT2D eigenvalue weighted by Crippen LogP contribution is -2.49. The smallest absolute Gasteiger partial charge is 0.193 e. The highest BCUT2D eigenvalue weighted by molar-refractivity contribution is 14.0. The van der Waals surface area contributed by atoms with E-state index in [2.05, 4.69) is 27.0 Å². The van der Waals surface area contributed by atoms with Crippen LogP contribution in [0.5, 0.6) is 0 Å². The van der Waals surface area contributed by atoms with E-state index in [1.54, 1.807) is 0 Å². The Kier molecular flexibility index (Phi) is 8.40. The van der Waals surface area contributed by atoms with E-state index in [1.165, 1.54) is 12.8 Å². The summed E-state index contributed by atoms with van der Waals surface area (Å²) in [5.41, 5.74) is 0. The Morgan fingerprint density at radius 2 is 1.95 bits per heavy atom. The molecule has 6 nitrogen and oxygen atoms in total. The molecule has 2 saturated heterocycles. The first-order valence-corrected chi connectivity index (χ1v) is 9.71. The largest absolute Gasteiger partial charge is 0.355 e. The number of rotatable bonds is 3. The van der Waals surface area contributed by atoms with Gasteiger partial charge in [0.2, 0.25) is 0 Å². The van der Waals surface area contributed by atoms with Crippen LogP contribution in [0.15, 0.2) is 4.99 Å². The number of halogens is 1. The zero-order valence-electron chi connectivity index (χ0n) is 13.6. The molecule has 2 aliphatic heterocycles. The molecule has 0 spiro atoms. The summed E-state index contributed by atoms with van der Waals surface area (Å²) in [5, 5.41) is 3.41. The molecule has 0 radical (unpaired) electrons. The van der Waals surface area contributed by atoms with E-state index in [-0.39, 0.29) is 24.0 Å². The van der Waals surface area contributed by atoms with Gasteiger partial charge in [-0.25, -0.2) is 8.42 Å². The fourth-order valence-corrected chi connectivity index (χ4v) is 4.29. The van der Waals surface area contributed by atoms with Crippen molar-refractivity contribution in [2.45, 2.75) is 19.8 Å². The SMILES string of the molecule is CN=C(NCCN1CCS(=O)(=O)CC1)N1CCCC(C)C1.I. The van der Waals surface area contributed by atoms with Crippen LogP contribution in [-0.4, -0.2) is 82.0 Å². The second kappa shape index (κ2) is 9.27. The molecule has 0 bridgehead atoms. The molecule has 0 amide bonds. The van der Waals surface area contributed by atoms with E-state index in [4.69, 9.17) is 0 Å². The molecule has 2 fully saturated rings. The van der Waals surface area contributed by atoms with Gasteiger partial charge in [-0.2, -0.15) is 0 Å². The average Bonchev–Trinajstić information content (AvgIpc) is 2.45. The minimum atomic E-state index is -2.78. The van der Waals surface area contributed by atoms with Crippen molar-refractivity contribution in [3.8, 4) is 0 Å². The lowest BCUT2D eigenvalue weighted by Gasteiger charge is -2.34. The molecule has 0 saturated carbocycles. The molecule has 2 aliphatic rings.